The van der Waals surface area contributed by atoms with E-state index >= 15 is 0 Å². The summed E-state index contributed by atoms with van der Waals surface area (Å²) < 4.78 is 14.5. The fourth-order valence-corrected chi connectivity index (χ4v) is 1.80. The summed E-state index contributed by atoms with van der Waals surface area (Å²) in [4.78, 5) is 11.2. The van der Waals surface area contributed by atoms with Crippen molar-refractivity contribution >= 4 is 23.3 Å². The smallest absolute Gasteiger partial charge is 0.225 e. The van der Waals surface area contributed by atoms with E-state index in [9.17, 15) is 9.18 Å². The maximum atomic E-state index is 12.9. The first-order valence-corrected chi connectivity index (χ1v) is 6.23. The van der Waals surface area contributed by atoms with Gasteiger partial charge in [-0.15, -0.1) is 0 Å². The second-order valence-electron chi connectivity index (χ2n) is 4.04. The average Bonchev–Trinajstić information content (AvgIpc) is 2.80. The summed E-state index contributed by atoms with van der Waals surface area (Å²) in [6.07, 6.45) is 2.13. The van der Waals surface area contributed by atoms with Gasteiger partial charge < -0.3 is 5.32 Å². The third-order valence-electron chi connectivity index (χ3n) is 2.58. The molecule has 0 saturated heterocycles. The minimum absolute atomic E-state index is 0.0925. The van der Waals surface area contributed by atoms with E-state index in [-0.39, 0.29) is 11.7 Å². The molecule has 0 spiro atoms. The van der Waals surface area contributed by atoms with Gasteiger partial charge in [0.15, 0.2) is 5.82 Å². The van der Waals surface area contributed by atoms with Gasteiger partial charge in [-0.05, 0) is 17.7 Å². The highest BCUT2D eigenvalue weighted by atomic mass is 35.5. The molecule has 0 saturated carbocycles. The van der Waals surface area contributed by atoms with Crippen molar-refractivity contribution in [2.24, 2.45) is 0 Å². The Labute approximate surface area is 115 Å². The van der Waals surface area contributed by atoms with Crippen LogP contribution in [0.3, 0.4) is 0 Å². The molecule has 1 heterocycles. The Morgan fingerprint density at radius 3 is 2.95 bits per heavy atom. The number of rotatable bonds is 4. The number of benzene rings is 1. The van der Waals surface area contributed by atoms with E-state index in [4.69, 9.17) is 11.6 Å². The highest BCUT2D eigenvalue weighted by Crippen LogP contribution is 2.18. The van der Waals surface area contributed by atoms with Crippen LogP contribution in [0.4, 0.5) is 10.2 Å². The van der Waals surface area contributed by atoms with Gasteiger partial charge in [-0.2, -0.15) is 5.10 Å². The predicted octanol–water partition coefficient (Wildman–Crippen LogP) is 3.07. The van der Waals surface area contributed by atoms with E-state index in [1.54, 1.807) is 29.9 Å². The minimum atomic E-state index is -0.370. The molecule has 6 heteroatoms. The second-order valence-corrected chi connectivity index (χ2v) is 4.44. The van der Waals surface area contributed by atoms with Crippen LogP contribution in [0.1, 0.15) is 18.9 Å². The number of halogens is 2. The molecule has 0 unspecified atom stereocenters. The van der Waals surface area contributed by atoms with Crippen molar-refractivity contribution < 1.29 is 9.18 Å². The number of nitrogens with one attached hydrogen (secondary N) is 1. The number of carbonyl (C=O) groups is 1. The molecule has 2 rings (SSSR count). The van der Waals surface area contributed by atoms with Crippen LogP contribution in [0.25, 0.3) is 0 Å². The summed E-state index contributed by atoms with van der Waals surface area (Å²) in [7, 11) is 0. The van der Waals surface area contributed by atoms with E-state index in [0.717, 1.165) is 5.56 Å². The molecular formula is C13H13ClFN3O. The zero-order valence-corrected chi connectivity index (χ0v) is 11.1. The second kappa shape index (κ2) is 5.84. The maximum absolute atomic E-state index is 12.9. The molecule has 0 fully saturated rings. The fraction of sp³-hybridized carbons (Fsp3) is 0.231. The predicted molar refractivity (Wildman–Crippen MR) is 71.7 cm³/mol. The lowest BCUT2D eigenvalue weighted by atomic mass is 10.2. The zero-order chi connectivity index (χ0) is 13.8. The maximum Gasteiger partial charge on any atom is 0.225 e. The number of nitrogens with zero attached hydrogens (tertiary/aromatic N) is 2. The van der Waals surface area contributed by atoms with Crippen molar-refractivity contribution in [3.05, 3.63) is 46.9 Å². The molecule has 0 aliphatic heterocycles. The monoisotopic (exact) mass is 281 g/mol. The van der Waals surface area contributed by atoms with Gasteiger partial charge in [0.2, 0.25) is 5.91 Å². The van der Waals surface area contributed by atoms with Crippen molar-refractivity contribution in [3.63, 3.8) is 0 Å². The highest BCUT2D eigenvalue weighted by Gasteiger charge is 2.06. The van der Waals surface area contributed by atoms with Crippen LogP contribution < -0.4 is 5.32 Å². The van der Waals surface area contributed by atoms with E-state index < -0.39 is 0 Å². The Morgan fingerprint density at radius 1 is 1.47 bits per heavy atom. The Balaban J connectivity index is 2.09. The third kappa shape index (κ3) is 3.54. The average molecular weight is 282 g/mol. The Kier molecular flexibility index (Phi) is 4.16. The molecule has 1 aromatic heterocycles. The van der Waals surface area contributed by atoms with Crippen molar-refractivity contribution in [2.45, 2.75) is 19.9 Å². The largest absolute Gasteiger partial charge is 0.309 e. The normalized spacial score (nSPS) is 10.5. The number of hydrogen-bond acceptors (Lipinski definition) is 2. The summed E-state index contributed by atoms with van der Waals surface area (Å²) in [5.41, 5.74) is 0.763. The lowest BCUT2D eigenvalue weighted by Gasteiger charge is -2.04. The lowest BCUT2D eigenvalue weighted by Crippen LogP contribution is -2.10. The molecule has 100 valence electrons. The molecule has 4 nitrogen and oxygen atoms in total. The summed E-state index contributed by atoms with van der Waals surface area (Å²) >= 11 is 5.94. The molecule has 0 aliphatic carbocycles. The van der Waals surface area contributed by atoms with Crippen LogP contribution in [0, 0.1) is 5.82 Å². The molecule has 0 atom stereocenters. The number of aromatic nitrogens is 2. The number of anilines is 1. The van der Waals surface area contributed by atoms with Crippen LogP contribution in [0.5, 0.6) is 0 Å². The van der Waals surface area contributed by atoms with E-state index in [1.807, 2.05) is 0 Å². The molecular weight excluding hydrogens is 269 g/mol. The molecule has 0 radical (unpaired) electrons. The van der Waals surface area contributed by atoms with Crippen molar-refractivity contribution in [2.75, 3.05) is 5.32 Å². The van der Waals surface area contributed by atoms with E-state index in [1.165, 1.54) is 12.1 Å². The number of carbonyl (C=O) groups excluding carboxylic acids is 1. The molecule has 1 amide bonds. The lowest BCUT2D eigenvalue weighted by molar-refractivity contribution is -0.115. The van der Waals surface area contributed by atoms with Crippen molar-refractivity contribution in [3.8, 4) is 0 Å². The van der Waals surface area contributed by atoms with Crippen LogP contribution in [-0.2, 0) is 11.3 Å². The van der Waals surface area contributed by atoms with Gasteiger partial charge in [-0.1, -0.05) is 24.6 Å². The molecule has 1 N–H and O–H groups in total. The minimum Gasteiger partial charge on any atom is -0.309 e. The standard InChI is InChI=1S/C13H13ClFN3O/c1-2-13(19)16-12-5-6-18(17-12)8-9-3-4-10(15)7-11(9)14/h3-7H,2,8H2,1H3,(H,16,17,19). The first kappa shape index (κ1) is 13.5. The molecule has 2 aromatic rings. The summed E-state index contributed by atoms with van der Waals surface area (Å²) in [6, 6.07) is 5.93. The van der Waals surface area contributed by atoms with Crippen LogP contribution in [-0.4, -0.2) is 15.7 Å². The third-order valence-corrected chi connectivity index (χ3v) is 2.93. The molecule has 1 aromatic carbocycles. The van der Waals surface area contributed by atoms with Crippen LogP contribution in [0.2, 0.25) is 5.02 Å². The first-order chi connectivity index (χ1) is 9.08. The van der Waals surface area contributed by atoms with Gasteiger partial charge in [-0.3, -0.25) is 9.48 Å². The van der Waals surface area contributed by atoms with Crippen molar-refractivity contribution in [1.82, 2.24) is 9.78 Å². The summed E-state index contributed by atoms with van der Waals surface area (Å²) in [6.45, 7) is 2.19. The van der Waals surface area contributed by atoms with Gasteiger partial charge in [0, 0.05) is 23.7 Å². The SMILES string of the molecule is CCC(=O)Nc1ccn(Cc2ccc(F)cc2Cl)n1. The van der Waals surface area contributed by atoms with Crippen LogP contribution in [0.15, 0.2) is 30.5 Å². The Morgan fingerprint density at radius 2 is 2.26 bits per heavy atom. The van der Waals surface area contributed by atoms with E-state index in [0.29, 0.717) is 23.8 Å². The molecule has 0 aliphatic rings. The molecule has 0 bridgehead atoms. The zero-order valence-electron chi connectivity index (χ0n) is 10.4. The highest BCUT2D eigenvalue weighted by molar-refractivity contribution is 6.31. The summed E-state index contributed by atoms with van der Waals surface area (Å²) in [5.74, 6) is 0.0280. The topological polar surface area (TPSA) is 46.9 Å². The van der Waals surface area contributed by atoms with E-state index in [2.05, 4.69) is 10.4 Å². The van der Waals surface area contributed by atoms with Gasteiger partial charge in [-0.25, -0.2) is 4.39 Å². The quantitative estimate of drug-likeness (QED) is 0.936. The Bertz CT molecular complexity index is 597. The van der Waals surface area contributed by atoms with Gasteiger partial charge in [0.05, 0.1) is 6.54 Å². The number of hydrogen-bond donors (Lipinski definition) is 1. The van der Waals surface area contributed by atoms with Gasteiger partial charge >= 0.3 is 0 Å². The first-order valence-electron chi connectivity index (χ1n) is 5.85. The van der Waals surface area contributed by atoms with Crippen LogP contribution >= 0.6 is 11.6 Å². The van der Waals surface area contributed by atoms with Gasteiger partial charge in [0.25, 0.3) is 0 Å². The summed E-state index contributed by atoms with van der Waals surface area (Å²) in [5, 5.41) is 7.20. The fourth-order valence-electron chi connectivity index (χ4n) is 1.57. The number of amides is 1. The van der Waals surface area contributed by atoms with Crippen molar-refractivity contribution in [1.29, 1.82) is 0 Å². The van der Waals surface area contributed by atoms with Gasteiger partial charge in [0.1, 0.15) is 5.82 Å². The Hall–Kier alpha value is -1.88. The molecule has 19 heavy (non-hydrogen) atoms.